The smallest absolute Gasteiger partial charge is 0.336 e. The van der Waals surface area contributed by atoms with Gasteiger partial charge in [-0.3, -0.25) is 0 Å². The summed E-state index contributed by atoms with van der Waals surface area (Å²) in [7, 11) is 0. The van der Waals surface area contributed by atoms with Crippen molar-refractivity contribution in [2.75, 3.05) is 0 Å². The number of hydrogen-bond acceptors (Lipinski definition) is 2. The van der Waals surface area contributed by atoms with E-state index in [2.05, 4.69) is 15.9 Å². The zero-order valence-corrected chi connectivity index (χ0v) is 13.2. The molecule has 0 aliphatic rings. The molecule has 0 fully saturated rings. The predicted octanol–water partition coefficient (Wildman–Crippen LogP) is 4.47. The zero-order valence-electron chi connectivity index (χ0n) is 10.9. The van der Waals surface area contributed by atoms with Crippen molar-refractivity contribution in [1.82, 2.24) is 0 Å². The van der Waals surface area contributed by atoms with Gasteiger partial charge in [0.25, 0.3) is 0 Å². The van der Waals surface area contributed by atoms with Gasteiger partial charge in [0, 0.05) is 15.1 Å². The fraction of sp³-hybridized carbons (Fsp3) is 0.0667. The molecule has 0 aromatic heterocycles. The van der Waals surface area contributed by atoms with Crippen LogP contribution in [0.3, 0.4) is 0 Å². The summed E-state index contributed by atoms with van der Waals surface area (Å²) in [6, 6.07) is 7.94. The van der Waals surface area contributed by atoms with Crippen molar-refractivity contribution in [3.05, 3.63) is 56.5 Å². The highest BCUT2D eigenvalue weighted by Gasteiger charge is 2.21. The summed E-state index contributed by atoms with van der Waals surface area (Å²) in [6.07, 6.45) is 0. The van der Waals surface area contributed by atoms with Crippen LogP contribution in [0, 0.1) is 6.92 Å². The minimum atomic E-state index is -1.19. The Morgan fingerprint density at radius 2 is 1.67 bits per heavy atom. The van der Waals surface area contributed by atoms with Gasteiger partial charge in [0.2, 0.25) is 0 Å². The lowest BCUT2D eigenvalue weighted by molar-refractivity contribution is 0.0696. The summed E-state index contributed by atoms with van der Waals surface area (Å²) in [5.74, 6) is -2.35. The molecule has 108 valence electrons. The van der Waals surface area contributed by atoms with Crippen molar-refractivity contribution in [1.29, 1.82) is 0 Å². The van der Waals surface area contributed by atoms with Crippen LogP contribution in [0.15, 0.2) is 34.8 Å². The van der Waals surface area contributed by atoms with E-state index in [1.807, 2.05) is 0 Å². The molecule has 0 heterocycles. The summed E-state index contributed by atoms with van der Waals surface area (Å²) < 4.78 is 0.770. The van der Waals surface area contributed by atoms with Crippen molar-refractivity contribution in [3.8, 4) is 11.1 Å². The largest absolute Gasteiger partial charge is 0.478 e. The van der Waals surface area contributed by atoms with E-state index in [9.17, 15) is 14.7 Å². The topological polar surface area (TPSA) is 74.6 Å². The second-order valence-electron chi connectivity index (χ2n) is 4.40. The van der Waals surface area contributed by atoms with E-state index in [4.69, 9.17) is 16.7 Å². The predicted molar refractivity (Wildman–Crippen MR) is 83.2 cm³/mol. The van der Waals surface area contributed by atoms with Crippen LogP contribution in [-0.2, 0) is 0 Å². The molecule has 0 amide bonds. The van der Waals surface area contributed by atoms with E-state index >= 15 is 0 Å². The van der Waals surface area contributed by atoms with Gasteiger partial charge in [-0.1, -0.05) is 39.7 Å². The normalized spacial score (nSPS) is 10.4. The third kappa shape index (κ3) is 2.94. The maximum absolute atomic E-state index is 11.5. The summed E-state index contributed by atoms with van der Waals surface area (Å²) in [5, 5.41) is 18.9. The van der Waals surface area contributed by atoms with E-state index in [1.165, 1.54) is 19.1 Å². The summed E-state index contributed by atoms with van der Waals surface area (Å²) in [6.45, 7) is 1.48. The molecule has 6 heteroatoms. The third-order valence-electron chi connectivity index (χ3n) is 3.13. The molecule has 0 aliphatic heterocycles. The molecule has 2 aromatic rings. The Morgan fingerprint density at radius 1 is 1.05 bits per heavy atom. The molecule has 4 nitrogen and oxygen atoms in total. The highest BCUT2D eigenvalue weighted by Crippen LogP contribution is 2.34. The van der Waals surface area contributed by atoms with Crippen molar-refractivity contribution >= 4 is 39.5 Å². The summed E-state index contributed by atoms with van der Waals surface area (Å²) in [4.78, 5) is 22.7. The molecule has 0 radical (unpaired) electrons. The van der Waals surface area contributed by atoms with Crippen molar-refractivity contribution < 1.29 is 19.8 Å². The monoisotopic (exact) mass is 368 g/mol. The Morgan fingerprint density at radius 3 is 2.19 bits per heavy atom. The molecule has 21 heavy (non-hydrogen) atoms. The second kappa shape index (κ2) is 5.87. The Labute approximate surface area is 134 Å². The van der Waals surface area contributed by atoms with Crippen molar-refractivity contribution in [3.63, 3.8) is 0 Å². The molecule has 0 saturated carbocycles. The standard InChI is InChI=1S/C15H10BrClO4/c1-7-9(14(18)19)4-5-11(13(7)15(20)21)10-3-2-8(16)6-12(10)17/h2-6H,1H3,(H,18,19)(H,20,21). The van der Waals surface area contributed by atoms with E-state index in [1.54, 1.807) is 18.2 Å². The van der Waals surface area contributed by atoms with Gasteiger partial charge in [0.05, 0.1) is 11.1 Å². The number of carboxylic acids is 2. The van der Waals surface area contributed by atoms with Crippen LogP contribution >= 0.6 is 27.5 Å². The Balaban J connectivity index is 2.78. The van der Waals surface area contributed by atoms with Crippen molar-refractivity contribution in [2.24, 2.45) is 0 Å². The first kappa shape index (κ1) is 15.5. The number of carboxylic acid groups (broad SMARTS) is 2. The van der Waals surface area contributed by atoms with Crippen LogP contribution in [0.5, 0.6) is 0 Å². The molecule has 0 unspecified atom stereocenters. The van der Waals surface area contributed by atoms with Gasteiger partial charge in [0.1, 0.15) is 0 Å². The molecular weight excluding hydrogens is 360 g/mol. The van der Waals surface area contributed by atoms with Gasteiger partial charge in [-0.2, -0.15) is 0 Å². The first-order valence-electron chi connectivity index (χ1n) is 5.88. The highest BCUT2D eigenvalue weighted by atomic mass is 79.9. The van der Waals surface area contributed by atoms with E-state index in [0.29, 0.717) is 16.1 Å². The number of rotatable bonds is 3. The number of halogens is 2. The number of hydrogen-bond donors (Lipinski definition) is 2. The number of benzene rings is 2. The molecule has 2 aromatic carbocycles. The van der Waals surface area contributed by atoms with Crippen LogP contribution in [0.2, 0.25) is 5.02 Å². The lowest BCUT2D eigenvalue weighted by Gasteiger charge is -2.13. The van der Waals surface area contributed by atoms with Crippen LogP contribution in [0.4, 0.5) is 0 Å². The molecule has 0 spiro atoms. The molecule has 2 N–H and O–H groups in total. The molecule has 2 rings (SSSR count). The summed E-state index contributed by atoms with van der Waals surface area (Å²) >= 11 is 9.44. The summed E-state index contributed by atoms with van der Waals surface area (Å²) in [5.41, 5.74) is 1.04. The minimum absolute atomic E-state index is 0.0376. The van der Waals surface area contributed by atoms with Crippen LogP contribution in [-0.4, -0.2) is 22.2 Å². The minimum Gasteiger partial charge on any atom is -0.478 e. The van der Waals surface area contributed by atoms with Crippen LogP contribution in [0.25, 0.3) is 11.1 Å². The first-order valence-corrected chi connectivity index (χ1v) is 7.05. The Bertz CT molecular complexity index is 756. The molecule has 0 atom stereocenters. The molecule has 0 bridgehead atoms. The Kier molecular flexibility index (Phi) is 4.34. The zero-order chi connectivity index (χ0) is 15.7. The van der Waals surface area contributed by atoms with E-state index in [-0.39, 0.29) is 16.7 Å². The van der Waals surface area contributed by atoms with Crippen molar-refractivity contribution in [2.45, 2.75) is 6.92 Å². The van der Waals surface area contributed by atoms with Crippen LogP contribution in [0.1, 0.15) is 26.3 Å². The van der Waals surface area contributed by atoms with E-state index in [0.717, 1.165) is 4.47 Å². The first-order chi connectivity index (χ1) is 9.82. The molecule has 0 saturated heterocycles. The maximum Gasteiger partial charge on any atom is 0.336 e. The second-order valence-corrected chi connectivity index (χ2v) is 5.72. The SMILES string of the molecule is Cc1c(C(=O)O)ccc(-c2ccc(Br)cc2Cl)c1C(=O)O. The average molecular weight is 370 g/mol. The van der Waals surface area contributed by atoms with Crippen LogP contribution < -0.4 is 0 Å². The fourth-order valence-corrected chi connectivity index (χ4v) is 2.93. The lowest BCUT2D eigenvalue weighted by Crippen LogP contribution is -2.09. The maximum atomic E-state index is 11.5. The van der Waals surface area contributed by atoms with E-state index < -0.39 is 11.9 Å². The van der Waals surface area contributed by atoms with Gasteiger partial charge in [-0.15, -0.1) is 0 Å². The lowest BCUT2D eigenvalue weighted by atomic mass is 9.92. The van der Waals surface area contributed by atoms with Gasteiger partial charge in [0.15, 0.2) is 0 Å². The fourth-order valence-electron chi connectivity index (χ4n) is 2.15. The van der Waals surface area contributed by atoms with Gasteiger partial charge >= 0.3 is 11.9 Å². The highest BCUT2D eigenvalue weighted by molar-refractivity contribution is 9.10. The van der Waals surface area contributed by atoms with Gasteiger partial charge in [-0.05, 0) is 36.2 Å². The quantitative estimate of drug-likeness (QED) is 0.837. The molecular formula is C15H10BrClO4. The Hall–Kier alpha value is -1.85. The van der Waals surface area contributed by atoms with Gasteiger partial charge < -0.3 is 10.2 Å². The van der Waals surface area contributed by atoms with Gasteiger partial charge in [-0.25, -0.2) is 9.59 Å². The number of carbonyl (C=O) groups is 2. The number of aromatic carboxylic acids is 2. The molecule has 0 aliphatic carbocycles. The average Bonchev–Trinajstić information content (AvgIpc) is 2.37. The third-order valence-corrected chi connectivity index (χ3v) is 3.94.